The fraction of sp³-hybridized carbons (Fsp3) is 0.857. The molecule has 0 saturated heterocycles. The van der Waals surface area contributed by atoms with Crippen molar-refractivity contribution >= 4 is 0 Å². The molecular weight excluding hydrogens is 98.1 g/mol. The summed E-state index contributed by atoms with van der Waals surface area (Å²) in [6, 6.07) is 0. The third kappa shape index (κ3) is 1.54. The number of hydrogen-bond donors (Lipinski definition) is 0. The molecule has 0 aromatic rings. The standard InChI is InChI=1S/C7H14N/c1-6(2)7(3,4)8-5/h5-6H,1-4H3/q+1. The van der Waals surface area contributed by atoms with Gasteiger partial charge in [-0.2, -0.15) is 0 Å². The number of hydrogen-bond acceptors (Lipinski definition) is 0. The first-order valence-electron chi connectivity index (χ1n) is 2.93. The summed E-state index contributed by atoms with van der Waals surface area (Å²) in [4.78, 5) is 3.72. The molecule has 0 atom stereocenters. The van der Waals surface area contributed by atoms with Crippen molar-refractivity contribution < 1.29 is 0 Å². The summed E-state index contributed by atoms with van der Waals surface area (Å²) < 4.78 is 0. The monoisotopic (exact) mass is 112 g/mol. The second kappa shape index (κ2) is 2.17. The molecule has 0 N–H and O–H groups in total. The van der Waals surface area contributed by atoms with Gasteiger partial charge in [-0.1, -0.05) is 18.7 Å². The van der Waals surface area contributed by atoms with Gasteiger partial charge in [0.05, 0.1) is 0 Å². The molecule has 0 rings (SSSR count). The molecule has 0 radical (unpaired) electrons. The van der Waals surface area contributed by atoms with Crippen LogP contribution in [-0.2, 0) is 0 Å². The normalized spacial score (nSPS) is 11.5. The highest BCUT2D eigenvalue weighted by Crippen LogP contribution is 2.19. The molecule has 0 aliphatic heterocycles. The van der Waals surface area contributed by atoms with Gasteiger partial charge in [0, 0.05) is 19.8 Å². The second-order valence-corrected chi connectivity index (χ2v) is 2.94. The lowest BCUT2D eigenvalue weighted by Crippen LogP contribution is -2.21. The van der Waals surface area contributed by atoms with Crippen LogP contribution in [0.25, 0.3) is 4.85 Å². The van der Waals surface area contributed by atoms with Crippen LogP contribution in [0.5, 0.6) is 0 Å². The predicted octanol–water partition coefficient (Wildman–Crippen LogP) is 2.38. The minimum absolute atomic E-state index is 0.0556. The number of nitrogens with zero attached hydrogens (tertiary/aromatic N) is 1. The van der Waals surface area contributed by atoms with E-state index in [9.17, 15) is 0 Å². The van der Waals surface area contributed by atoms with Gasteiger partial charge >= 0.3 is 0 Å². The quantitative estimate of drug-likeness (QED) is 0.490. The Morgan fingerprint density at radius 2 is 1.75 bits per heavy atom. The van der Waals surface area contributed by atoms with Crippen molar-refractivity contribution in [2.75, 3.05) is 0 Å². The zero-order chi connectivity index (χ0) is 6.78. The number of rotatable bonds is 1. The van der Waals surface area contributed by atoms with Crippen LogP contribution in [-0.4, -0.2) is 5.54 Å². The Morgan fingerprint density at radius 3 is 1.75 bits per heavy atom. The maximum atomic E-state index is 5.13. The van der Waals surface area contributed by atoms with E-state index in [1.165, 1.54) is 0 Å². The molecule has 0 aromatic heterocycles. The molecule has 0 aliphatic rings. The summed E-state index contributed by atoms with van der Waals surface area (Å²) in [6.07, 6.45) is 0. The molecule has 0 aromatic carbocycles. The van der Waals surface area contributed by atoms with Gasteiger partial charge in [0.15, 0.2) is 0 Å². The van der Waals surface area contributed by atoms with Crippen molar-refractivity contribution in [3.05, 3.63) is 4.85 Å². The van der Waals surface area contributed by atoms with Crippen LogP contribution in [0.4, 0.5) is 0 Å². The second-order valence-electron chi connectivity index (χ2n) is 2.94. The Bertz CT molecular complexity index is 106. The van der Waals surface area contributed by atoms with Crippen LogP contribution < -0.4 is 0 Å². The molecule has 0 fully saturated rings. The van der Waals surface area contributed by atoms with Gasteiger partial charge in [0.25, 0.3) is 12.1 Å². The van der Waals surface area contributed by atoms with Crippen LogP contribution in [0, 0.1) is 12.5 Å². The van der Waals surface area contributed by atoms with Gasteiger partial charge in [-0.15, -0.1) is 0 Å². The zero-order valence-electron chi connectivity index (χ0n) is 6.10. The average Bonchev–Trinajstić information content (AvgIpc) is 1.67. The Kier molecular flexibility index (Phi) is 2.03. The Balaban J connectivity index is 3.97. The summed E-state index contributed by atoms with van der Waals surface area (Å²) in [7, 11) is 0. The van der Waals surface area contributed by atoms with Gasteiger partial charge in [0.2, 0.25) is 0 Å². The Morgan fingerprint density at radius 1 is 1.38 bits per heavy atom. The van der Waals surface area contributed by atoms with Crippen LogP contribution in [0.1, 0.15) is 27.7 Å². The van der Waals surface area contributed by atoms with Gasteiger partial charge in [-0.25, -0.2) is 0 Å². The largest absolute Gasteiger partial charge is 0.277 e. The highest BCUT2D eigenvalue weighted by atomic mass is 14.8. The van der Waals surface area contributed by atoms with Crippen LogP contribution in [0.2, 0.25) is 0 Å². The van der Waals surface area contributed by atoms with E-state index in [1.54, 1.807) is 0 Å². The van der Waals surface area contributed by atoms with Gasteiger partial charge in [-0.3, -0.25) is 0 Å². The van der Waals surface area contributed by atoms with Gasteiger partial charge in [0.1, 0.15) is 0 Å². The SMILES string of the molecule is C#[N+]C(C)(C)C(C)C. The van der Waals surface area contributed by atoms with Crippen molar-refractivity contribution in [2.24, 2.45) is 5.92 Å². The molecule has 0 heterocycles. The highest BCUT2D eigenvalue weighted by molar-refractivity contribution is 4.94. The molecular formula is C7H14N+. The molecule has 1 heteroatoms. The Labute approximate surface area is 51.5 Å². The van der Waals surface area contributed by atoms with E-state index in [0.29, 0.717) is 5.92 Å². The minimum Gasteiger partial charge on any atom is -0.0807 e. The van der Waals surface area contributed by atoms with Gasteiger partial charge in [-0.05, 0) is 0 Å². The van der Waals surface area contributed by atoms with Crippen LogP contribution >= 0.6 is 0 Å². The molecule has 0 amide bonds. The molecule has 0 spiro atoms. The third-order valence-electron chi connectivity index (χ3n) is 1.75. The van der Waals surface area contributed by atoms with E-state index in [4.69, 9.17) is 6.57 Å². The van der Waals surface area contributed by atoms with Crippen molar-refractivity contribution in [3.8, 4) is 6.57 Å². The molecule has 0 unspecified atom stereocenters. The molecule has 0 aliphatic carbocycles. The fourth-order valence-electron chi connectivity index (χ4n) is 0.149. The Hall–Kier alpha value is -0.510. The van der Waals surface area contributed by atoms with Gasteiger partial charge < -0.3 is 0 Å². The molecule has 8 heavy (non-hydrogen) atoms. The smallest absolute Gasteiger partial charge is 0.0807 e. The van der Waals surface area contributed by atoms with E-state index in [1.807, 2.05) is 13.8 Å². The molecule has 0 bridgehead atoms. The first-order chi connectivity index (χ1) is 3.50. The summed E-state index contributed by atoms with van der Waals surface area (Å²) >= 11 is 0. The minimum atomic E-state index is -0.0556. The molecule has 0 saturated carbocycles. The van der Waals surface area contributed by atoms with Crippen LogP contribution in [0.3, 0.4) is 0 Å². The van der Waals surface area contributed by atoms with Crippen molar-refractivity contribution in [2.45, 2.75) is 33.2 Å². The lowest BCUT2D eigenvalue weighted by Gasteiger charge is -2.09. The first kappa shape index (κ1) is 7.49. The zero-order valence-corrected chi connectivity index (χ0v) is 6.10. The predicted molar refractivity (Wildman–Crippen MR) is 37.2 cm³/mol. The lowest BCUT2D eigenvalue weighted by atomic mass is 9.92. The lowest BCUT2D eigenvalue weighted by molar-refractivity contribution is 0.438. The summed E-state index contributed by atoms with van der Waals surface area (Å²) in [5.41, 5.74) is -0.0556. The van der Waals surface area contributed by atoms with E-state index in [2.05, 4.69) is 18.7 Å². The van der Waals surface area contributed by atoms with Crippen molar-refractivity contribution in [1.82, 2.24) is 0 Å². The topological polar surface area (TPSA) is 4.36 Å². The summed E-state index contributed by atoms with van der Waals surface area (Å²) in [5, 5.41) is 0. The molecule has 46 valence electrons. The first-order valence-corrected chi connectivity index (χ1v) is 2.93. The fourth-order valence-corrected chi connectivity index (χ4v) is 0.149. The van der Waals surface area contributed by atoms with Crippen LogP contribution in [0.15, 0.2) is 0 Å². The van der Waals surface area contributed by atoms with E-state index in [0.717, 1.165) is 0 Å². The van der Waals surface area contributed by atoms with Crippen molar-refractivity contribution in [3.63, 3.8) is 0 Å². The average molecular weight is 112 g/mol. The summed E-state index contributed by atoms with van der Waals surface area (Å²) in [5.74, 6) is 0.521. The van der Waals surface area contributed by atoms with E-state index >= 15 is 0 Å². The highest BCUT2D eigenvalue weighted by Gasteiger charge is 2.31. The maximum absolute atomic E-state index is 5.13. The summed E-state index contributed by atoms with van der Waals surface area (Å²) in [6.45, 7) is 13.4. The third-order valence-corrected chi connectivity index (χ3v) is 1.75. The molecule has 1 nitrogen and oxygen atoms in total. The van der Waals surface area contributed by atoms with E-state index in [-0.39, 0.29) is 5.54 Å². The van der Waals surface area contributed by atoms with Crippen molar-refractivity contribution in [1.29, 1.82) is 0 Å². The van der Waals surface area contributed by atoms with E-state index < -0.39 is 0 Å². The maximum Gasteiger partial charge on any atom is 0.277 e.